The van der Waals surface area contributed by atoms with Crippen molar-refractivity contribution in [1.29, 1.82) is 0 Å². The van der Waals surface area contributed by atoms with Crippen LogP contribution < -0.4 is 5.32 Å². The molecule has 0 atom stereocenters. The monoisotopic (exact) mass is 266 g/mol. The molecule has 0 saturated heterocycles. The fourth-order valence-electron chi connectivity index (χ4n) is 1.53. The van der Waals surface area contributed by atoms with Crippen LogP contribution in [0.4, 0.5) is 0 Å². The average Bonchev–Trinajstić information content (AvgIpc) is 2.84. The minimum atomic E-state index is 0.605. The molecule has 2 rings (SSSR count). The lowest BCUT2D eigenvalue weighted by Crippen LogP contribution is -2.18. The molecule has 1 N–H and O–H groups in total. The van der Waals surface area contributed by atoms with Crippen LogP contribution in [0.5, 0.6) is 0 Å². The van der Waals surface area contributed by atoms with E-state index in [9.17, 15) is 0 Å². The molecule has 0 spiro atoms. The maximum atomic E-state index is 6.07. The predicted molar refractivity (Wildman–Crippen MR) is 70.0 cm³/mol. The Bertz CT molecular complexity index is 500. The number of halogens is 1. The summed E-state index contributed by atoms with van der Waals surface area (Å²) < 4.78 is 6.77. The van der Waals surface area contributed by atoms with Gasteiger partial charge in [0.25, 0.3) is 0 Å². The van der Waals surface area contributed by atoms with E-state index in [-0.39, 0.29) is 0 Å². The molecule has 2 aromatic heterocycles. The van der Waals surface area contributed by atoms with E-state index in [2.05, 4.69) is 15.3 Å². The van der Waals surface area contributed by atoms with Gasteiger partial charge in [-0.3, -0.25) is 4.57 Å². The van der Waals surface area contributed by atoms with Gasteiger partial charge in [0.15, 0.2) is 5.82 Å². The Hall–Kier alpha value is -1.43. The van der Waals surface area contributed by atoms with Crippen LogP contribution in [0.2, 0.25) is 5.02 Å². The van der Waals surface area contributed by atoms with E-state index in [1.807, 2.05) is 10.8 Å². The molecule has 0 fully saturated rings. The second kappa shape index (κ2) is 6.49. The van der Waals surface area contributed by atoms with Crippen LogP contribution in [0.3, 0.4) is 0 Å². The van der Waals surface area contributed by atoms with E-state index in [1.54, 1.807) is 31.8 Å². The summed E-state index contributed by atoms with van der Waals surface area (Å²) in [7, 11) is 1.68. The number of aromatic nitrogens is 3. The standard InChI is InChI=1S/C12H15ClN4O/c1-18-6-5-14-7-10-8-17(9-16-10)12-11(13)3-2-4-15-12/h2-4,8-9,14H,5-7H2,1H3. The number of hydrogen-bond acceptors (Lipinski definition) is 4. The van der Waals surface area contributed by atoms with Crippen molar-refractivity contribution in [1.82, 2.24) is 19.9 Å². The van der Waals surface area contributed by atoms with E-state index >= 15 is 0 Å². The number of ether oxygens (including phenoxy) is 1. The Labute approximate surface area is 111 Å². The van der Waals surface area contributed by atoms with Gasteiger partial charge in [-0.2, -0.15) is 0 Å². The minimum absolute atomic E-state index is 0.605. The lowest BCUT2D eigenvalue weighted by Gasteiger charge is -2.02. The molecule has 2 aromatic rings. The molecule has 5 nitrogen and oxygen atoms in total. The first-order chi connectivity index (χ1) is 8.81. The van der Waals surface area contributed by atoms with Gasteiger partial charge in [0.05, 0.1) is 17.3 Å². The maximum Gasteiger partial charge on any atom is 0.156 e. The Kier molecular flexibility index (Phi) is 4.69. The van der Waals surface area contributed by atoms with E-state index in [1.165, 1.54) is 0 Å². The summed E-state index contributed by atoms with van der Waals surface area (Å²) in [6, 6.07) is 3.61. The van der Waals surface area contributed by atoms with Crippen LogP contribution in [0.15, 0.2) is 30.9 Å². The molecule has 0 aliphatic heterocycles. The molecule has 2 heterocycles. The first-order valence-corrected chi connectivity index (χ1v) is 6.02. The second-order valence-electron chi connectivity index (χ2n) is 3.75. The fourth-order valence-corrected chi connectivity index (χ4v) is 1.75. The third kappa shape index (κ3) is 3.29. The molecule has 0 aromatic carbocycles. The van der Waals surface area contributed by atoms with Gasteiger partial charge >= 0.3 is 0 Å². The summed E-state index contributed by atoms with van der Waals surface area (Å²) in [6.07, 6.45) is 5.33. The Balaban J connectivity index is 2.00. The summed E-state index contributed by atoms with van der Waals surface area (Å²) in [4.78, 5) is 8.51. The van der Waals surface area contributed by atoms with Crippen molar-refractivity contribution < 1.29 is 4.74 Å². The van der Waals surface area contributed by atoms with Gasteiger partial charge in [-0.05, 0) is 12.1 Å². The lowest BCUT2D eigenvalue weighted by molar-refractivity contribution is 0.199. The van der Waals surface area contributed by atoms with Crippen molar-refractivity contribution in [3.05, 3.63) is 41.6 Å². The Morgan fingerprint density at radius 1 is 1.44 bits per heavy atom. The fraction of sp³-hybridized carbons (Fsp3) is 0.333. The van der Waals surface area contributed by atoms with Crippen LogP contribution >= 0.6 is 11.6 Å². The van der Waals surface area contributed by atoms with Gasteiger partial charge in [-0.25, -0.2) is 9.97 Å². The van der Waals surface area contributed by atoms with Gasteiger partial charge in [0, 0.05) is 32.6 Å². The third-order valence-corrected chi connectivity index (χ3v) is 2.70. The molecule has 6 heteroatoms. The van der Waals surface area contributed by atoms with E-state index in [0.717, 1.165) is 12.2 Å². The second-order valence-corrected chi connectivity index (χ2v) is 4.16. The molecule has 18 heavy (non-hydrogen) atoms. The first-order valence-electron chi connectivity index (χ1n) is 5.64. The van der Waals surface area contributed by atoms with Crippen molar-refractivity contribution >= 4 is 11.6 Å². The summed E-state index contributed by atoms with van der Waals surface area (Å²) >= 11 is 6.07. The number of hydrogen-bond donors (Lipinski definition) is 1. The molecular formula is C12H15ClN4O. The van der Waals surface area contributed by atoms with Crippen molar-refractivity contribution in [2.45, 2.75) is 6.54 Å². The zero-order valence-corrected chi connectivity index (χ0v) is 10.9. The summed E-state index contributed by atoms with van der Waals surface area (Å²) in [5.74, 6) is 0.690. The average molecular weight is 267 g/mol. The first kappa shape index (κ1) is 13.0. The quantitative estimate of drug-likeness (QED) is 0.808. The molecule has 0 unspecified atom stereocenters. The smallest absolute Gasteiger partial charge is 0.156 e. The molecule has 0 amide bonds. The normalized spacial score (nSPS) is 10.8. The van der Waals surface area contributed by atoms with Gasteiger partial charge in [-0.1, -0.05) is 11.6 Å². The number of nitrogens with zero attached hydrogens (tertiary/aromatic N) is 3. The molecule has 0 saturated carbocycles. The van der Waals surface area contributed by atoms with E-state index in [4.69, 9.17) is 16.3 Å². The van der Waals surface area contributed by atoms with Crippen LogP contribution in [0.1, 0.15) is 5.69 Å². The van der Waals surface area contributed by atoms with Crippen molar-refractivity contribution in [3.63, 3.8) is 0 Å². The SMILES string of the molecule is COCCNCc1cn(-c2ncccc2Cl)cn1. The molecule has 0 bridgehead atoms. The molecular weight excluding hydrogens is 252 g/mol. The number of methoxy groups -OCH3 is 1. The predicted octanol–water partition coefficient (Wildman–Crippen LogP) is 1.66. The minimum Gasteiger partial charge on any atom is -0.383 e. The van der Waals surface area contributed by atoms with Crippen molar-refractivity contribution in [3.8, 4) is 5.82 Å². The summed E-state index contributed by atoms with van der Waals surface area (Å²) in [5.41, 5.74) is 0.938. The van der Waals surface area contributed by atoms with Gasteiger partial charge < -0.3 is 10.1 Å². The Morgan fingerprint density at radius 3 is 3.11 bits per heavy atom. The number of imidazole rings is 1. The lowest BCUT2D eigenvalue weighted by atomic mass is 10.4. The topological polar surface area (TPSA) is 52.0 Å². The van der Waals surface area contributed by atoms with Crippen LogP contribution in [0.25, 0.3) is 5.82 Å². The van der Waals surface area contributed by atoms with E-state index in [0.29, 0.717) is 24.0 Å². The van der Waals surface area contributed by atoms with E-state index < -0.39 is 0 Å². The Morgan fingerprint density at radius 2 is 2.33 bits per heavy atom. The van der Waals surface area contributed by atoms with Crippen LogP contribution in [0, 0.1) is 0 Å². The number of nitrogens with one attached hydrogen (secondary N) is 1. The summed E-state index contributed by atoms with van der Waals surface area (Å²) in [5, 5.41) is 3.83. The third-order valence-electron chi connectivity index (χ3n) is 2.41. The molecule has 96 valence electrons. The maximum absolute atomic E-state index is 6.07. The summed E-state index contributed by atoms with van der Waals surface area (Å²) in [6.45, 7) is 2.18. The van der Waals surface area contributed by atoms with Crippen molar-refractivity contribution in [2.24, 2.45) is 0 Å². The highest BCUT2D eigenvalue weighted by molar-refractivity contribution is 6.32. The van der Waals surface area contributed by atoms with Crippen LogP contribution in [-0.2, 0) is 11.3 Å². The zero-order chi connectivity index (χ0) is 12.8. The molecule has 0 aliphatic carbocycles. The van der Waals surface area contributed by atoms with Gasteiger partial charge in [0.2, 0.25) is 0 Å². The van der Waals surface area contributed by atoms with Crippen molar-refractivity contribution in [2.75, 3.05) is 20.3 Å². The molecule has 0 radical (unpaired) electrons. The zero-order valence-electron chi connectivity index (χ0n) is 10.1. The number of pyridine rings is 1. The highest BCUT2D eigenvalue weighted by atomic mass is 35.5. The highest BCUT2D eigenvalue weighted by Crippen LogP contribution is 2.16. The van der Waals surface area contributed by atoms with Crippen LogP contribution in [-0.4, -0.2) is 34.8 Å². The molecule has 0 aliphatic rings. The highest BCUT2D eigenvalue weighted by Gasteiger charge is 2.05. The van der Waals surface area contributed by atoms with Gasteiger partial charge in [-0.15, -0.1) is 0 Å². The van der Waals surface area contributed by atoms with Gasteiger partial charge in [0.1, 0.15) is 6.33 Å². The largest absolute Gasteiger partial charge is 0.383 e. The number of rotatable bonds is 6.